The molecular weight excluding hydrogens is 475 g/mol. The Morgan fingerprint density at radius 2 is 2.17 bits per heavy atom. The van der Waals surface area contributed by atoms with Crippen LogP contribution in [0.25, 0.3) is 0 Å². The van der Waals surface area contributed by atoms with E-state index in [1.807, 2.05) is 0 Å². The quantitative estimate of drug-likeness (QED) is 0.449. The lowest BCUT2D eigenvalue weighted by atomic mass is 9.79. The van der Waals surface area contributed by atoms with E-state index in [1.165, 1.54) is 18.7 Å². The monoisotopic (exact) mass is 504 g/mol. The van der Waals surface area contributed by atoms with Crippen molar-refractivity contribution in [1.29, 1.82) is 0 Å². The number of fused-ring (bicyclic) bond motifs is 1. The first-order chi connectivity index (χ1) is 16.8. The number of aromatic nitrogens is 2. The van der Waals surface area contributed by atoms with Gasteiger partial charge in [-0.3, -0.25) is 9.78 Å². The lowest BCUT2D eigenvalue weighted by Crippen LogP contribution is -2.42. The van der Waals surface area contributed by atoms with Gasteiger partial charge in [0.2, 0.25) is 0 Å². The van der Waals surface area contributed by atoms with Crippen molar-refractivity contribution in [2.75, 3.05) is 18.5 Å². The van der Waals surface area contributed by atoms with E-state index in [0.717, 1.165) is 56.6 Å². The fourth-order valence-electron chi connectivity index (χ4n) is 4.52. The fourth-order valence-corrected chi connectivity index (χ4v) is 4.73. The summed E-state index contributed by atoms with van der Waals surface area (Å²) in [6.45, 7) is 2.56. The fraction of sp³-hybridized carbons (Fsp3) is 0.520. The summed E-state index contributed by atoms with van der Waals surface area (Å²) in [5.41, 5.74) is 1.99. The predicted molar refractivity (Wildman–Crippen MR) is 129 cm³/mol. The van der Waals surface area contributed by atoms with E-state index in [4.69, 9.17) is 21.3 Å². The third-order valence-electron chi connectivity index (χ3n) is 6.69. The number of halogens is 2. The van der Waals surface area contributed by atoms with E-state index in [9.17, 15) is 19.1 Å². The van der Waals surface area contributed by atoms with E-state index in [2.05, 4.69) is 27.8 Å². The molecule has 2 aliphatic rings. The van der Waals surface area contributed by atoms with Crippen molar-refractivity contribution in [2.24, 2.45) is 5.92 Å². The highest BCUT2D eigenvalue weighted by molar-refractivity contribution is 6.33. The number of nitrogens with one attached hydrogen (secondary N) is 2. The summed E-state index contributed by atoms with van der Waals surface area (Å²) in [5, 5.41) is 15.0. The van der Waals surface area contributed by atoms with E-state index in [0.29, 0.717) is 5.92 Å². The van der Waals surface area contributed by atoms with Gasteiger partial charge in [-0.25, -0.2) is 14.2 Å². The number of amides is 1. The predicted octanol–water partition coefficient (Wildman–Crippen LogP) is 3.94. The van der Waals surface area contributed by atoms with Crippen LogP contribution in [0.3, 0.4) is 0 Å². The van der Waals surface area contributed by atoms with E-state index < -0.39 is 29.3 Å². The number of carboxylic acid groups (broad SMARTS) is 1. The number of anilines is 1. The molecule has 0 saturated heterocycles. The van der Waals surface area contributed by atoms with Crippen LogP contribution in [0.5, 0.6) is 0 Å². The second-order valence-corrected chi connectivity index (χ2v) is 9.65. The zero-order valence-corrected chi connectivity index (χ0v) is 20.4. The molecule has 188 valence electrons. The van der Waals surface area contributed by atoms with Gasteiger partial charge in [0.1, 0.15) is 11.9 Å². The van der Waals surface area contributed by atoms with Crippen LogP contribution in [-0.2, 0) is 22.4 Å². The van der Waals surface area contributed by atoms with E-state index in [1.54, 1.807) is 0 Å². The maximum Gasteiger partial charge on any atom is 0.326 e. The standard InChI is InChI=1S/C25H30ClFN4O4/c1-14-22(27)21(19(26)13-29-14)24(32)31-20(25(33)34)8-10-35-18-11-15(12-18)4-6-17-7-5-16-3-2-9-28-23(16)30-17/h5,7,13,15,18,20H,2-4,6,8-12H2,1H3,(H,28,30)(H,31,32)(H,33,34)/t15-,18+,20-/m0/s1. The van der Waals surface area contributed by atoms with E-state index in [-0.39, 0.29) is 29.8 Å². The lowest BCUT2D eigenvalue weighted by Gasteiger charge is -2.35. The SMILES string of the molecule is Cc1ncc(Cl)c(C(=O)N[C@@H](CCO[C@H]2C[C@@H](CCc3ccc4c(n3)NCCC4)C2)C(=O)O)c1F. The summed E-state index contributed by atoms with van der Waals surface area (Å²) in [6.07, 6.45) is 7.35. The molecule has 1 saturated carbocycles. The van der Waals surface area contributed by atoms with Crippen molar-refractivity contribution < 1.29 is 23.8 Å². The smallest absolute Gasteiger partial charge is 0.326 e. The van der Waals surface area contributed by atoms with Crippen LogP contribution >= 0.6 is 11.6 Å². The number of hydrogen-bond acceptors (Lipinski definition) is 6. The van der Waals surface area contributed by atoms with Gasteiger partial charge < -0.3 is 20.5 Å². The molecule has 1 aliphatic heterocycles. The maximum absolute atomic E-state index is 14.3. The molecule has 0 spiro atoms. The van der Waals surface area contributed by atoms with Crippen molar-refractivity contribution in [3.8, 4) is 0 Å². The van der Waals surface area contributed by atoms with Gasteiger partial charge in [0.05, 0.1) is 22.4 Å². The number of rotatable bonds is 10. The van der Waals surface area contributed by atoms with Gasteiger partial charge in [-0.2, -0.15) is 0 Å². The molecule has 1 aliphatic carbocycles. The van der Waals surface area contributed by atoms with Crippen LogP contribution in [-0.4, -0.2) is 52.2 Å². The van der Waals surface area contributed by atoms with Gasteiger partial charge in [0.25, 0.3) is 5.91 Å². The molecule has 3 heterocycles. The molecule has 2 aromatic rings. The zero-order chi connectivity index (χ0) is 24.9. The third-order valence-corrected chi connectivity index (χ3v) is 6.98. The molecule has 0 aromatic carbocycles. The van der Waals surface area contributed by atoms with Gasteiger partial charge in [0, 0.05) is 31.5 Å². The average molecular weight is 505 g/mol. The number of pyridine rings is 2. The molecule has 1 atom stereocenters. The lowest BCUT2D eigenvalue weighted by molar-refractivity contribution is -0.140. The van der Waals surface area contributed by atoms with Crippen LogP contribution in [0.2, 0.25) is 5.02 Å². The number of carboxylic acids is 1. The molecule has 10 heteroatoms. The summed E-state index contributed by atoms with van der Waals surface area (Å²) in [5.74, 6) is -1.39. The minimum Gasteiger partial charge on any atom is -0.480 e. The summed E-state index contributed by atoms with van der Waals surface area (Å²) >= 11 is 5.90. The second kappa shape index (κ2) is 11.3. The highest BCUT2D eigenvalue weighted by Gasteiger charge is 2.31. The van der Waals surface area contributed by atoms with Crippen molar-refractivity contribution in [2.45, 2.75) is 64.0 Å². The first-order valence-electron chi connectivity index (χ1n) is 12.0. The topological polar surface area (TPSA) is 113 Å². The van der Waals surface area contributed by atoms with Crippen molar-refractivity contribution in [3.63, 3.8) is 0 Å². The first-order valence-corrected chi connectivity index (χ1v) is 12.4. The van der Waals surface area contributed by atoms with Gasteiger partial charge >= 0.3 is 5.97 Å². The Balaban J connectivity index is 1.18. The van der Waals surface area contributed by atoms with Gasteiger partial charge in [0.15, 0.2) is 5.82 Å². The largest absolute Gasteiger partial charge is 0.480 e. The van der Waals surface area contributed by atoms with Gasteiger partial charge in [-0.05, 0) is 63.0 Å². The molecule has 35 heavy (non-hydrogen) atoms. The molecule has 0 unspecified atom stereocenters. The molecule has 3 N–H and O–H groups in total. The number of nitrogens with zero attached hydrogens (tertiary/aromatic N) is 2. The molecule has 4 rings (SSSR count). The van der Waals surface area contributed by atoms with Crippen LogP contribution < -0.4 is 10.6 Å². The minimum atomic E-state index is -1.22. The molecule has 0 bridgehead atoms. The summed E-state index contributed by atoms with van der Waals surface area (Å²) in [4.78, 5) is 32.5. The third kappa shape index (κ3) is 6.27. The Hall–Kier alpha value is -2.78. The molecule has 0 radical (unpaired) electrons. The molecule has 1 amide bonds. The van der Waals surface area contributed by atoms with Crippen LogP contribution in [0.4, 0.5) is 10.2 Å². The normalized spacial score (nSPS) is 19.7. The number of ether oxygens (including phenoxy) is 1. The van der Waals surface area contributed by atoms with Crippen LogP contribution in [0, 0.1) is 18.7 Å². The van der Waals surface area contributed by atoms with Crippen molar-refractivity contribution in [1.82, 2.24) is 15.3 Å². The summed E-state index contributed by atoms with van der Waals surface area (Å²) in [7, 11) is 0. The Bertz CT molecular complexity index is 1090. The van der Waals surface area contributed by atoms with E-state index >= 15 is 0 Å². The molecule has 8 nitrogen and oxygen atoms in total. The molecular formula is C25H30ClFN4O4. The minimum absolute atomic E-state index is 0.00775. The summed E-state index contributed by atoms with van der Waals surface area (Å²) < 4.78 is 20.1. The number of aryl methyl sites for hydroxylation is 3. The van der Waals surface area contributed by atoms with Crippen molar-refractivity contribution >= 4 is 29.3 Å². The maximum atomic E-state index is 14.3. The van der Waals surface area contributed by atoms with Crippen LogP contribution in [0.1, 0.15) is 59.4 Å². The molecule has 1 fully saturated rings. The Labute approximate surface area is 208 Å². The number of hydrogen-bond donors (Lipinski definition) is 3. The Kier molecular flexibility index (Phi) is 8.18. The Morgan fingerprint density at radius 1 is 1.37 bits per heavy atom. The van der Waals surface area contributed by atoms with Gasteiger partial charge in [-0.1, -0.05) is 17.7 Å². The van der Waals surface area contributed by atoms with Gasteiger partial charge in [-0.15, -0.1) is 0 Å². The second-order valence-electron chi connectivity index (χ2n) is 9.24. The zero-order valence-electron chi connectivity index (χ0n) is 19.7. The van der Waals surface area contributed by atoms with Crippen molar-refractivity contribution in [3.05, 3.63) is 51.7 Å². The number of aliphatic carboxylic acids is 1. The first kappa shape index (κ1) is 25.3. The van der Waals surface area contributed by atoms with Crippen LogP contribution in [0.15, 0.2) is 18.3 Å². The number of carbonyl (C=O) groups excluding carboxylic acids is 1. The average Bonchev–Trinajstić information content (AvgIpc) is 2.81. The summed E-state index contributed by atoms with van der Waals surface area (Å²) in [6, 6.07) is 3.07. The highest BCUT2D eigenvalue weighted by atomic mass is 35.5. The highest BCUT2D eigenvalue weighted by Crippen LogP contribution is 2.34. The Morgan fingerprint density at radius 3 is 2.94 bits per heavy atom. The number of carbonyl (C=O) groups is 2. The molecule has 2 aromatic heterocycles.